The number of anilines is 3. The number of nitrogens with zero attached hydrogens (tertiary/aromatic N) is 1. The zero-order valence-corrected chi connectivity index (χ0v) is 14.7. The largest absolute Gasteiger partial charge is 0.378 e. The van der Waals surface area contributed by atoms with Gasteiger partial charge in [-0.3, -0.25) is 9.59 Å². The van der Waals surface area contributed by atoms with Gasteiger partial charge in [-0.25, -0.2) is 4.39 Å². The van der Waals surface area contributed by atoms with Crippen molar-refractivity contribution in [1.29, 1.82) is 0 Å². The zero-order valence-electron chi connectivity index (χ0n) is 14.7. The number of halogens is 1. The fraction of sp³-hybridized carbons (Fsp3) is 0.200. The number of carbonyl (C=O) groups excluding carboxylic acids is 2. The number of morpholine rings is 1. The van der Waals surface area contributed by atoms with Crippen LogP contribution in [0, 0.1) is 5.82 Å². The number of benzene rings is 2. The van der Waals surface area contributed by atoms with Gasteiger partial charge >= 0.3 is 0 Å². The summed E-state index contributed by atoms with van der Waals surface area (Å²) < 4.78 is 19.7. The van der Waals surface area contributed by atoms with E-state index < -0.39 is 11.7 Å². The first-order chi connectivity index (χ1) is 13.1. The fourth-order valence-electron chi connectivity index (χ4n) is 2.78. The first kappa shape index (κ1) is 18.6. The molecule has 0 radical (unpaired) electrons. The molecule has 1 aliphatic heterocycles. The molecule has 7 heteroatoms. The molecule has 6 nitrogen and oxygen atoms in total. The summed E-state index contributed by atoms with van der Waals surface area (Å²) in [5.41, 5.74) is 1.66. The highest BCUT2D eigenvalue weighted by atomic mass is 19.1. The first-order valence-corrected chi connectivity index (χ1v) is 8.54. The Labute approximate surface area is 156 Å². The Bertz CT molecular complexity index is 863. The van der Waals surface area contributed by atoms with Gasteiger partial charge in [0.05, 0.1) is 18.9 Å². The SMILES string of the molecule is C=CC(=O)Nc1cccc(C(=O)Nc2ccc(N3CCOCC3)c(F)c2)c1. The van der Waals surface area contributed by atoms with Gasteiger partial charge in [-0.2, -0.15) is 0 Å². The monoisotopic (exact) mass is 369 g/mol. The molecule has 0 saturated carbocycles. The van der Waals surface area contributed by atoms with Crippen LogP contribution in [0.1, 0.15) is 10.4 Å². The van der Waals surface area contributed by atoms with Gasteiger partial charge in [-0.15, -0.1) is 0 Å². The van der Waals surface area contributed by atoms with Crippen LogP contribution in [0.3, 0.4) is 0 Å². The van der Waals surface area contributed by atoms with E-state index in [0.717, 1.165) is 6.08 Å². The van der Waals surface area contributed by atoms with Gasteiger partial charge in [0.1, 0.15) is 5.82 Å². The summed E-state index contributed by atoms with van der Waals surface area (Å²) in [4.78, 5) is 25.7. The predicted octanol–water partition coefficient (Wildman–Crippen LogP) is 3.04. The molecule has 0 unspecified atom stereocenters. The second-order valence-electron chi connectivity index (χ2n) is 5.99. The molecular formula is C20H20FN3O3. The van der Waals surface area contributed by atoms with E-state index in [1.165, 1.54) is 12.1 Å². The quantitative estimate of drug-likeness (QED) is 0.795. The summed E-state index contributed by atoms with van der Waals surface area (Å²) in [5.74, 6) is -1.17. The molecule has 0 atom stereocenters. The van der Waals surface area contributed by atoms with Crippen LogP contribution in [-0.2, 0) is 9.53 Å². The molecule has 0 aromatic heterocycles. The Kier molecular flexibility index (Phi) is 5.83. The summed E-state index contributed by atoms with van der Waals surface area (Å²) >= 11 is 0. The molecule has 0 aliphatic carbocycles. The highest BCUT2D eigenvalue weighted by Crippen LogP contribution is 2.24. The van der Waals surface area contributed by atoms with Crippen LogP contribution >= 0.6 is 0 Å². The number of amides is 2. The molecule has 2 aromatic rings. The summed E-state index contributed by atoms with van der Waals surface area (Å²) in [6, 6.07) is 11.1. The van der Waals surface area contributed by atoms with Crippen molar-refractivity contribution in [3.8, 4) is 0 Å². The van der Waals surface area contributed by atoms with Gasteiger partial charge in [0.2, 0.25) is 5.91 Å². The molecule has 1 aliphatic rings. The van der Waals surface area contributed by atoms with E-state index in [2.05, 4.69) is 17.2 Å². The van der Waals surface area contributed by atoms with Crippen LogP contribution < -0.4 is 15.5 Å². The Morgan fingerprint density at radius 2 is 1.81 bits per heavy atom. The van der Waals surface area contributed by atoms with Crippen LogP contribution in [0.15, 0.2) is 55.1 Å². The molecular weight excluding hydrogens is 349 g/mol. The van der Waals surface area contributed by atoms with Crippen molar-refractivity contribution >= 4 is 28.9 Å². The Morgan fingerprint density at radius 1 is 1.07 bits per heavy atom. The maximum atomic E-state index is 14.4. The highest BCUT2D eigenvalue weighted by molar-refractivity contribution is 6.06. The minimum atomic E-state index is -0.401. The number of hydrogen-bond donors (Lipinski definition) is 2. The second kappa shape index (κ2) is 8.46. The minimum absolute atomic E-state index is 0.342. The molecule has 1 fully saturated rings. The van der Waals surface area contributed by atoms with E-state index >= 15 is 0 Å². The average Bonchev–Trinajstić information content (AvgIpc) is 2.69. The second-order valence-corrected chi connectivity index (χ2v) is 5.99. The molecule has 3 rings (SSSR count). The van der Waals surface area contributed by atoms with Gasteiger partial charge in [0.25, 0.3) is 5.91 Å². The van der Waals surface area contributed by atoms with Crippen molar-refractivity contribution in [3.63, 3.8) is 0 Å². The molecule has 2 aromatic carbocycles. The number of rotatable bonds is 5. The van der Waals surface area contributed by atoms with E-state index in [1.54, 1.807) is 30.3 Å². The van der Waals surface area contributed by atoms with Crippen molar-refractivity contribution in [1.82, 2.24) is 0 Å². The van der Waals surface area contributed by atoms with Crippen molar-refractivity contribution in [2.75, 3.05) is 41.8 Å². The van der Waals surface area contributed by atoms with Crippen molar-refractivity contribution in [2.45, 2.75) is 0 Å². The average molecular weight is 369 g/mol. The number of nitrogens with one attached hydrogen (secondary N) is 2. The van der Waals surface area contributed by atoms with Gasteiger partial charge in [-0.05, 0) is 42.5 Å². The van der Waals surface area contributed by atoms with E-state index in [1.807, 2.05) is 4.90 Å². The third-order valence-corrected chi connectivity index (χ3v) is 4.14. The van der Waals surface area contributed by atoms with Crippen LogP contribution in [0.5, 0.6) is 0 Å². The molecule has 0 bridgehead atoms. The Morgan fingerprint density at radius 3 is 2.52 bits per heavy atom. The zero-order chi connectivity index (χ0) is 19.2. The third kappa shape index (κ3) is 4.71. The molecule has 27 heavy (non-hydrogen) atoms. The highest BCUT2D eigenvalue weighted by Gasteiger charge is 2.16. The lowest BCUT2D eigenvalue weighted by atomic mass is 10.1. The molecule has 1 saturated heterocycles. The number of hydrogen-bond acceptors (Lipinski definition) is 4. The van der Waals surface area contributed by atoms with Crippen molar-refractivity contribution < 1.29 is 18.7 Å². The van der Waals surface area contributed by atoms with Gasteiger partial charge in [0, 0.05) is 30.0 Å². The standard InChI is InChI=1S/C20H20FN3O3/c1-2-19(25)22-15-5-3-4-14(12-15)20(26)23-16-6-7-18(17(21)13-16)24-8-10-27-11-9-24/h2-7,12-13H,1,8-11H2,(H,22,25)(H,23,26). The minimum Gasteiger partial charge on any atom is -0.378 e. The van der Waals surface area contributed by atoms with Crippen LogP contribution in [0.2, 0.25) is 0 Å². The van der Waals surface area contributed by atoms with E-state index in [9.17, 15) is 14.0 Å². The van der Waals surface area contributed by atoms with E-state index in [-0.39, 0.29) is 5.91 Å². The topological polar surface area (TPSA) is 70.7 Å². The lowest BCUT2D eigenvalue weighted by Gasteiger charge is -2.29. The molecule has 1 heterocycles. The normalized spacial score (nSPS) is 13.7. The van der Waals surface area contributed by atoms with Crippen LogP contribution in [0.25, 0.3) is 0 Å². The third-order valence-electron chi connectivity index (χ3n) is 4.14. The van der Waals surface area contributed by atoms with Gasteiger partial charge in [-0.1, -0.05) is 12.6 Å². The van der Waals surface area contributed by atoms with Gasteiger partial charge in [0.15, 0.2) is 0 Å². The fourth-order valence-corrected chi connectivity index (χ4v) is 2.78. The lowest BCUT2D eigenvalue weighted by Crippen LogP contribution is -2.36. The summed E-state index contributed by atoms with van der Waals surface area (Å²) in [6.45, 7) is 5.78. The summed E-state index contributed by atoms with van der Waals surface area (Å²) in [5, 5.41) is 5.26. The summed E-state index contributed by atoms with van der Waals surface area (Å²) in [6.07, 6.45) is 1.14. The number of ether oxygens (including phenoxy) is 1. The first-order valence-electron chi connectivity index (χ1n) is 8.54. The molecule has 2 N–H and O–H groups in total. The maximum Gasteiger partial charge on any atom is 0.255 e. The van der Waals surface area contributed by atoms with E-state index in [4.69, 9.17) is 4.74 Å². The van der Waals surface area contributed by atoms with Crippen molar-refractivity contribution in [2.24, 2.45) is 0 Å². The van der Waals surface area contributed by atoms with E-state index in [0.29, 0.717) is 48.9 Å². The Hall–Kier alpha value is -3.19. The van der Waals surface area contributed by atoms with Gasteiger partial charge < -0.3 is 20.3 Å². The lowest BCUT2D eigenvalue weighted by molar-refractivity contribution is -0.111. The summed E-state index contributed by atoms with van der Waals surface area (Å²) in [7, 11) is 0. The maximum absolute atomic E-state index is 14.4. The molecule has 2 amide bonds. The molecule has 140 valence electrons. The van der Waals surface area contributed by atoms with Crippen LogP contribution in [0.4, 0.5) is 21.5 Å². The molecule has 0 spiro atoms. The van der Waals surface area contributed by atoms with Crippen molar-refractivity contribution in [3.05, 3.63) is 66.5 Å². The predicted molar refractivity (Wildman–Crippen MR) is 103 cm³/mol. The smallest absolute Gasteiger partial charge is 0.255 e. The number of carbonyl (C=O) groups is 2. The van der Waals surface area contributed by atoms with Crippen LogP contribution in [-0.4, -0.2) is 38.1 Å². The Balaban J connectivity index is 1.70.